The normalized spacial score (nSPS) is 13.6. The summed E-state index contributed by atoms with van der Waals surface area (Å²) in [6, 6.07) is 102. The number of para-hydroxylation sites is 7. The van der Waals surface area contributed by atoms with Crippen LogP contribution in [0.2, 0.25) is 0 Å². The van der Waals surface area contributed by atoms with Crippen molar-refractivity contribution in [3.05, 3.63) is 273 Å². The molecule has 0 amide bonds. The number of nitrogens with zero attached hydrogens (tertiary/aromatic N) is 4. The lowest BCUT2D eigenvalue weighted by Crippen LogP contribution is -2.78. The van der Waals surface area contributed by atoms with Crippen LogP contribution in [0.3, 0.4) is 0 Å². The molecule has 0 fully saturated rings. The molecule has 0 unspecified atom stereocenters. The fraction of sp³-hybridized carbons (Fsp3) is 0. The average molecular weight is 933 g/mol. The average Bonchev–Trinajstić information content (AvgIpc) is 3.76. The van der Waals surface area contributed by atoms with E-state index in [0.29, 0.717) is 0 Å². The number of hydrogen-bond donors (Lipinski definition) is 0. The summed E-state index contributed by atoms with van der Waals surface area (Å²) in [6.45, 7) is -0.162. The highest BCUT2D eigenvalue weighted by Crippen LogP contribution is 2.52. The van der Waals surface area contributed by atoms with Gasteiger partial charge in [-0.05, 0) is 139 Å². The Morgan fingerprint density at radius 2 is 0.764 bits per heavy atom. The Hall–Kier alpha value is -9.10. The van der Waals surface area contributed by atoms with Gasteiger partial charge < -0.3 is 19.5 Å². The summed E-state index contributed by atoms with van der Waals surface area (Å²) in [5.74, 6) is 0. The van der Waals surface area contributed by atoms with Gasteiger partial charge in [-0.1, -0.05) is 182 Å². The number of rotatable bonds is 7. The molecule has 0 radical (unpaired) electrons. The maximum absolute atomic E-state index is 2.88. The van der Waals surface area contributed by atoms with Gasteiger partial charge in [0.1, 0.15) is 0 Å². The van der Waals surface area contributed by atoms with Crippen molar-refractivity contribution in [1.82, 2.24) is 0 Å². The predicted octanol–water partition coefficient (Wildman–Crippen LogP) is 13.0. The topological polar surface area (TPSA) is 13.0 Å². The minimum atomic E-state index is -2.88. The van der Waals surface area contributed by atoms with Crippen LogP contribution in [-0.4, -0.2) is 14.9 Å². The first-order valence-corrected chi connectivity index (χ1v) is 27.0. The molecular weight excluding hydrogens is 888 g/mol. The third-order valence-electron chi connectivity index (χ3n) is 15.5. The van der Waals surface area contributed by atoms with Crippen LogP contribution in [0.5, 0.6) is 0 Å². The third kappa shape index (κ3) is 5.75. The van der Waals surface area contributed by atoms with Crippen LogP contribution >= 0.6 is 0 Å². The van der Waals surface area contributed by atoms with E-state index in [1.165, 1.54) is 65.3 Å². The molecule has 4 heterocycles. The van der Waals surface area contributed by atoms with E-state index < -0.39 is 8.07 Å². The van der Waals surface area contributed by atoms with E-state index in [1.54, 1.807) is 0 Å². The molecule has 0 aliphatic carbocycles. The van der Waals surface area contributed by atoms with Crippen LogP contribution < -0.4 is 51.2 Å². The van der Waals surface area contributed by atoms with Gasteiger partial charge in [0.05, 0.1) is 0 Å². The van der Waals surface area contributed by atoms with Gasteiger partial charge in [-0.2, -0.15) is 0 Å². The summed E-state index contributed by atoms with van der Waals surface area (Å²) in [5.41, 5.74) is 20.4. The highest BCUT2D eigenvalue weighted by atomic mass is 28.3. The molecule has 0 N–H and O–H groups in total. The molecule has 4 nitrogen and oxygen atoms in total. The molecule has 4 aliphatic rings. The Morgan fingerprint density at radius 3 is 1.35 bits per heavy atom. The molecule has 4 aliphatic heterocycles. The largest absolute Gasteiger partial charge is 0.376 e. The van der Waals surface area contributed by atoms with Gasteiger partial charge in [0, 0.05) is 68.1 Å². The predicted molar refractivity (Wildman–Crippen MR) is 306 cm³/mol. The van der Waals surface area contributed by atoms with Crippen LogP contribution in [0.1, 0.15) is 0 Å². The smallest absolute Gasteiger partial charge is 0.333 e. The van der Waals surface area contributed by atoms with Crippen LogP contribution in [0.25, 0.3) is 22.3 Å². The minimum absolute atomic E-state index is 0.162. The second kappa shape index (κ2) is 16.0. The second-order valence-corrected chi connectivity index (χ2v) is 22.8. The van der Waals surface area contributed by atoms with Crippen LogP contribution in [0.4, 0.5) is 62.6 Å². The summed E-state index contributed by atoms with van der Waals surface area (Å²) in [6.07, 6.45) is 0. The first kappa shape index (κ1) is 40.8. The molecule has 6 heteroatoms. The van der Waals surface area contributed by atoms with Gasteiger partial charge in [-0.15, -0.1) is 0 Å². The molecule has 72 heavy (non-hydrogen) atoms. The summed E-state index contributed by atoms with van der Waals surface area (Å²) >= 11 is 0. The fourth-order valence-electron chi connectivity index (χ4n) is 12.8. The van der Waals surface area contributed by atoms with Crippen molar-refractivity contribution in [1.29, 1.82) is 0 Å². The summed E-state index contributed by atoms with van der Waals surface area (Å²) < 4.78 is 0. The highest BCUT2D eigenvalue weighted by molar-refractivity contribution is 7.24. The molecule has 0 aromatic heterocycles. The van der Waals surface area contributed by atoms with Gasteiger partial charge >= 0.3 is 6.85 Å². The molecule has 1 spiro atoms. The molecular formula is C66H45BN4Si. The van der Waals surface area contributed by atoms with Gasteiger partial charge in [-0.3, -0.25) is 0 Å². The summed E-state index contributed by atoms with van der Waals surface area (Å²) in [4.78, 5) is 10.1. The molecule has 0 bridgehead atoms. The number of fused-ring (bicyclic) bond motifs is 13. The molecule has 336 valence electrons. The zero-order valence-electron chi connectivity index (χ0n) is 39.3. The second-order valence-electron chi connectivity index (χ2n) is 19.2. The maximum Gasteiger partial charge on any atom is 0.333 e. The Kier molecular flexibility index (Phi) is 9.04. The van der Waals surface area contributed by atoms with E-state index in [1.807, 2.05) is 0 Å². The summed E-state index contributed by atoms with van der Waals surface area (Å²) in [5, 5.41) is 5.82. The van der Waals surface area contributed by atoms with Gasteiger partial charge in [0.2, 0.25) is 0 Å². The quantitative estimate of drug-likeness (QED) is 0.148. The Labute approximate surface area is 421 Å². The van der Waals surface area contributed by atoms with Crippen molar-refractivity contribution < 1.29 is 0 Å². The van der Waals surface area contributed by atoms with Crippen molar-refractivity contribution in [3.8, 4) is 22.3 Å². The van der Waals surface area contributed by atoms with E-state index in [-0.39, 0.29) is 6.85 Å². The van der Waals surface area contributed by atoms with Crippen LogP contribution in [-0.2, 0) is 0 Å². The maximum atomic E-state index is 2.76. The van der Waals surface area contributed by atoms with E-state index in [0.717, 1.165) is 51.2 Å². The first-order chi connectivity index (χ1) is 35.8. The van der Waals surface area contributed by atoms with Crippen molar-refractivity contribution in [2.45, 2.75) is 0 Å². The lowest BCUT2D eigenvalue weighted by molar-refractivity contribution is 1.23. The number of anilines is 11. The van der Waals surface area contributed by atoms with Crippen LogP contribution in [0, 0.1) is 0 Å². The lowest BCUT2D eigenvalue weighted by atomic mass is 9.43. The van der Waals surface area contributed by atoms with Crippen molar-refractivity contribution >= 4 is 109 Å². The molecule has 11 aromatic carbocycles. The SMILES string of the molecule is c1ccc(N(c2ccccc2)c2ccc3c(c2)N(c2ccccc2)c2cc(N(c4ccccc4)c4ccccc4)cc4c2B3N2c3ccccc3[Si]3(c5ccccc5-c5ccccc53)c3cccc-4c32)cc1. The molecule has 11 aromatic rings. The Balaban J connectivity index is 1.08. The highest BCUT2D eigenvalue weighted by Gasteiger charge is 2.57. The van der Waals surface area contributed by atoms with Crippen molar-refractivity contribution in [2.75, 3.05) is 19.5 Å². The van der Waals surface area contributed by atoms with Gasteiger partial charge in [0.25, 0.3) is 0 Å². The minimum Gasteiger partial charge on any atom is -0.376 e. The van der Waals surface area contributed by atoms with Crippen molar-refractivity contribution in [2.24, 2.45) is 0 Å². The van der Waals surface area contributed by atoms with E-state index in [4.69, 9.17) is 0 Å². The third-order valence-corrected chi connectivity index (χ3v) is 20.5. The fourth-order valence-corrected chi connectivity index (χ4v) is 18.4. The van der Waals surface area contributed by atoms with Crippen molar-refractivity contribution in [3.63, 3.8) is 0 Å². The first-order valence-electron chi connectivity index (χ1n) is 25.0. The zero-order valence-corrected chi connectivity index (χ0v) is 40.3. The molecule has 15 rings (SSSR count). The number of benzene rings is 11. The van der Waals surface area contributed by atoms with E-state index >= 15 is 0 Å². The number of hydrogen-bond acceptors (Lipinski definition) is 4. The lowest BCUT2D eigenvalue weighted by Gasteiger charge is -2.52. The van der Waals surface area contributed by atoms with Gasteiger partial charge in [0.15, 0.2) is 8.07 Å². The van der Waals surface area contributed by atoms with E-state index in [2.05, 4.69) is 292 Å². The molecule has 0 saturated heterocycles. The monoisotopic (exact) mass is 932 g/mol. The Bertz CT molecular complexity index is 3780. The van der Waals surface area contributed by atoms with E-state index in [9.17, 15) is 0 Å². The standard InChI is InChI=1S/C66H45BN4Si/c1-6-23-46(24-7-1)68(47-25-8-2-9-26-47)51-41-42-57-59(44-51)70(50-31-14-5-15-32-50)60-45-52(69(48-27-10-3-11-28-48)49-29-12-4-13-30-49)43-56-55-35-22-40-64-66(55)71(67(57)65(56)60)58-36-18-21-39-63(58)72(64)61-37-19-16-33-53(61)54-34-17-20-38-62(54)72/h1-45H. The molecule has 0 atom stereocenters. The summed E-state index contributed by atoms with van der Waals surface area (Å²) in [7, 11) is -2.88. The zero-order chi connectivity index (χ0) is 47.3. The Morgan fingerprint density at radius 1 is 0.306 bits per heavy atom. The van der Waals surface area contributed by atoms with Crippen LogP contribution in [0.15, 0.2) is 273 Å². The molecule has 0 saturated carbocycles. The van der Waals surface area contributed by atoms with Gasteiger partial charge in [-0.25, -0.2) is 0 Å².